The lowest BCUT2D eigenvalue weighted by molar-refractivity contribution is -0.142. The van der Waals surface area contributed by atoms with Crippen molar-refractivity contribution in [2.45, 2.75) is 103 Å². The fraction of sp³-hybridized carbons (Fsp3) is 0.857. The average Bonchev–Trinajstić information content (AvgIpc) is 2.57. The maximum Gasteiger partial charge on any atom is 0.308 e. The van der Waals surface area contributed by atoms with Gasteiger partial charge in [0, 0.05) is 6.04 Å². The summed E-state index contributed by atoms with van der Waals surface area (Å²) in [5.74, 6) is -0.929. The summed E-state index contributed by atoms with van der Waals surface area (Å²) in [6.07, 6.45) is 20.7. The number of hydrogen-bond donors (Lipinski definition) is 2. The quantitative estimate of drug-likeness (QED) is 0.254. The highest BCUT2D eigenvalue weighted by Gasteiger charge is 2.22. The molecule has 0 amide bonds. The molecule has 0 heterocycles. The first kappa shape index (κ1) is 23.2. The van der Waals surface area contributed by atoms with Gasteiger partial charge in [-0.15, -0.1) is 0 Å². The molecule has 2 unspecified atom stereocenters. The minimum atomic E-state index is -0.672. The van der Waals surface area contributed by atoms with Gasteiger partial charge in [0.25, 0.3) is 0 Å². The molecule has 24 heavy (non-hydrogen) atoms. The third-order valence-electron chi connectivity index (χ3n) is 4.90. The molecule has 0 aliphatic carbocycles. The van der Waals surface area contributed by atoms with E-state index in [2.05, 4.69) is 24.4 Å². The van der Waals surface area contributed by atoms with E-state index in [1.165, 1.54) is 64.2 Å². The SMILES string of the molecule is CCCCCCCC/C=C\CCCCCCC(C(=O)O)C(C)NC. The van der Waals surface area contributed by atoms with Gasteiger partial charge in [0.05, 0.1) is 5.92 Å². The molecule has 142 valence electrons. The van der Waals surface area contributed by atoms with Gasteiger partial charge in [0.15, 0.2) is 0 Å². The molecular weight excluding hydrogens is 298 g/mol. The minimum absolute atomic E-state index is 0.0485. The summed E-state index contributed by atoms with van der Waals surface area (Å²) in [5.41, 5.74) is 0. The third kappa shape index (κ3) is 13.6. The van der Waals surface area contributed by atoms with Crippen molar-refractivity contribution < 1.29 is 9.90 Å². The molecule has 0 rings (SSSR count). The van der Waals surface area contributed by atoms with Crippen LogP contribution in [0.3, 0.4) is 0 Å². The molecule has 3 heteroatoms. The molecule has 0 saturated heterocycles. The van der Waals surface area contributed by atoms with Gasteiger partial charge in [-0.25, -0.2) is 0 Å². The smallest absolute Gasteiger partial charge is 0.308 e. The highest BCUT2D eigenvalue weighted by atomic mass is 16.4. The van der Waals surface area contributed by atoms with Crippen LogP contribution in [-0.4, -0.2) is 24.2 Å². The van der Waals surface area contributed by atoms with Crippen LogP contribution in [0.4, 0.5) is 0 Å². The number of carbonyl (C=O) groups is 1. The molecule has 0 aromatic rings. The lowest BCUT2D eigenvalue weighted by Gasteiger charge is -2.19. The fourth-order valence-corrected chi connectivity index (χ4v) is 3.05. The number of aliphatic carboxylic acids is 1. The Kier molecular flexibility index (Phi) is 16.4. The van der Waals surface area contributed by atoms with Crippen LogP contribution in [0.25, 0.3) is 0 Å². The van der Waals surface area contributed by atoms with Crippen molar-refractivity contribution in [3.05, 3.63) is 12.2 Å². The standard InChI is InChI=1S/C21H41NO2/c1-4-5-6-7-8-9-10-11-12-13-14-15-16-17-18-20(21(23)24)19(2)22-3/h11-12,19-20,22H,4-10,13-18H2,1-3H3,(H,23,24)/b12-11-. The number of carboxylic acid groups (broad SMARTS) is 1. The van der Waals surface area contributed by atoms with E-state index < -0.39 is 5.97 Å². The van der Waals surface area contributed by atoms with Crippen molar-refractivity contribution in [3.63, 3.8) is 0 Å². The number of rotatable bonds is 17. The first-order chi connectivity index (χ1) is 11.6. The van der Waals surface area contributed by atoms with E-state index >= 15 is 0 Å². The molecule has 0 radical (unpaired) electrons. The fourth-order valence-electron chi connectivity index (χ4n) is 3.05. The molecule has 0 aliphatic rings. The van der Waals surface area contributed by atoms with Gasteiger partial charge in [-0.3, -0.25) is 4.79 Å². The Hall–Kier alpha value is -0.830. The summed E-state index contributed by atoms with van der Waals surface area (Å²) in [5, 5.41) is 12.3. The van der Waals surface area contributed by atoms with Crippen molar-refractivity contribution in [2.24, 2.45) is 5.92 Å². The molecule has 0 aromatic carbocycles. The second-order valence-electron chi connectivity index (χ2n) is 7.04. The highest BCUT2D eigenvalue weighted by molar-refractivity contribution is 5.70. The molecule has 0 spiro atoms. The topological polar surface area (TPSA) is 49.3 Å². The Morgan fingerprint density at radius 3 is 1.92 bits per heavy atom. The van der Waals surface area contributed by atoms with E-state index in [1.807, 2.05) is 14.0 Å². The summed E-state index contributed by atoms with van der Waals surface area (Å²) in [7, 11) is 1.83. The largest absolute Gasteiger partial charge is 0.481 e. The number of unbranched alkanes of at least 4 members (excludes halogenated alkanes) is 10. The van der Waals surface area contributed by atoms with Crippen LogP contribution < -0.4 is 5.32 Å². The maximum absolute atomic E-state index is 11.2. The van der Waals surface area contributed by atoms with Crippen molar-refractivity contribution in [1.82, 2.24) is 5.32 Å². The number of nitrogens with one attached hydrogen (secondary N) is 1. The Bertz CT molecular complexity index is 315. The van der Waals surface area contributed by atoms with E-state index in [-0.39, 0.29) is 12.0 Å². The van der Waals surface area contributed by atoms with E-state index in [4.69, 9.17) is 0 Å². The van der Waals surface area contributed by atoms with Gasteiger partial charge in [-0.05, 0) is 46.1 Å². The zero-order valence-corrected chi connectivity index (χ0v) is 16.4. The number of allylic oxidation sites excluding steroid dienone is 2. The second-order valence-corrected chi connectivity index (χ2v) is 7.04. The van der Waals surface area contributed by atoms with Crippen molar-refractivity contribution in [2.75, 3.05) is 7.05 Å². The van der Waals surface area contributed by atoms with E-state index in [0.29, 0.717) is 0 Å². The van der Waals surface area contributed by atoms with Crippen molar-refractivity contribution in [1.29, 1.82) is 0 Å². The molecular formula is C21H41NO2. The molecule has 2 atom stereocenters. The van der Waals surface area contributed by atoms with E-state index in [9.17, 15) is 9.90 Å². The molecule has 0 fully saturated rings. The zero-order chi connectivity index (χ0) is 18.0. The molecule has 0 saturated carbocycles. The summed E-state index contributed by atoms with van der Waals surface area (Å²) in [6.45, 7) is 4.21. The van der Waals surface area contributed by atoms with Crippen LogP contribution in [0.5, 0.6) is 0 Å². The Labute approximate surface area is 150 Å². The normalized spacial score (nSPS) is 14.1. The molecule has 0 aliphatic heterocycles. The Morgan fingerprint density at radius 2 is 1.42 bits per heavy atom. The van der Waals surface area contributed by atoms with Gasteiger partial charge in [-0.1, -0.05) is 70.4 Å². The van der Waals surface area contributed by atoms with E-state index in [1.54, 1.807) is 0 Å². The van der Waals surface area contributed by atoms with Crippen LogP contribution in [0.2, 0.25) is 0 Å². The van der Waals surface area contributed by atoms with Crippen LogP contribution in [0.15, 0.2) is 12.2 Å². The number of carboxylic acids is 1. The Balaban J connectivity index is 3.43. The van der Waals surface area contributed by atoms with Crippen LogP contribution in [0, 0.1) is 5.92 Å². The molecule has 0 bridgehead atoms. The van der Waals surface area contributed by atoms with Crippen molar-refractivity contribution >= 4 is 5.97 Å². The zero-order valence-electron chi connectivity index (χ0n) is 16.4. The molecule has 2 N–H and O–H groups in total. The summed E-state index contributed by atoms with van der Waals surface area (Å²) in [4.78, 5) is 11.2. The highest BCUT2D eigenvalue weighted by Crippen LogP contribution is 2.15. The van der Waals surface area contributed by atoms with Crippen LogP contribution in [0.1, 0.15) is 97.3 Å². The molecule has 3 nitrogen and oxygen atoms in total. The maximum atomic E-state index is 11.2. The predicted molar refractivity (Wildman–Crippen MR) is 104 cm³/mol. The van der Waals surface area contributed by atoms with Crippen molar-refractivity contribution in [3.8, 4) is 0 Å². The predicted octanol–water partition coefficient (Wildman–Crippen LogP) is 5.94. The van der Waals surface area contributed by atoms with Gasteiger partial charge in [0.2, 0.25) is 0 Å². The second kappa shape index (κ2) is 17.0. The van der Waals surface area contributed by atoms with Crippen LogP contribution >= 0.6 is 0 Å². The first-order valence-electron chi connectivity index (χ1n) is 10.2. The van der Waals surface area contributed by atoms with Crippen LogP contribution in [-0.2, 0) is 4.79 Å². The number of hydrogen-bond acceptors (Lipinski definition) is 2. The lowest BCUT2D eigenvalue weighted by Crippen LogP contribution is -2.35. The molecule has 0 aromatic heterocycles. The lowest BCUT2D eigenvalue weighted by atomic mass is 9.94. The van der Waals surface area contributed by atoms with Gasteiger partial charge in [-0.2, -0.15) is 0 Å². The van der Waals surface area contributed by atoms with Gasteiger partial charge >= 0.3 is 5.97 Å². The van der Waals surface area contributed by atoms with E-state index in [0.717, 1.165) is 19.3 Å². The third-order valence-corrected chi connectivity index (χ3v) is 4.90. The summed E-state index contributed by atoms with van der Waals surface area (Å²) in [6, 6.07) is 0.0485. The van der Waals surface area contributed by atoms with Gasteiger partial charge in [0.1, 0.15) is 0 Å². The van der Waals surface area contributed by atoms with Gasteiger partial charge < -0.3 is 10.4 Å². The average molecular weight is 340 g/mol. The Morgan fingerprint density at radius 1 is 0.917 bits per heavy atom. The monoisotopic (exact) mass is 339 g/mol. The minimum Gasteiger partial charge on any atom is -0.481 e. The first-order valence-corrected chi connectivity index (χ1v) is 10.2. The summed E-state index contributed by atoms with van der Waals surface area (Å²) >= 11 is 0. The summed E-state index contributed by atoms with van der Waals surface area (Å²) < 4.78 is 0.